The molecule has 1 N–H and O–H groups in total. The van der Waals surface area contributed by atoms with Crippen LogP contribution >= 0.6 is 11.6 Å². The van der Waals surface area contributed by atoms with Gasteiger partial charge in [-0.15, -0.1) is 0 Å². The van der Waals surface area contributed by atoms with E-state index in [-0.39, 0.29) is 5.56 Å². The van der Waals surface area contributed by atoms with E-state index in [4.69, 9.17) is 16.3 Å². The van der Waals surface area contributed by atoms with Gasteiger partial charge in [-0.1, -0.05) is 11.6 Å². The number of halogens is 1. The number of nitrogens with zero attached hydrogens (tertiary/aromatic N) is 1. The van der Waals surface area contributed by atoms with Gasteiger partial charge in [-0.05, 0) is 23.8 Å². The van der Waals surface area contributed by atoms with Crippen molar-refractivity contribution in [3.8, 4) is 16.9 Å². The minimum atomic E-state index is -0.209. The Morgan fingerprint density at radius 1 is 1.38 bits per heavy atom. The van der Waals surface area contributed by atoms with E-state index < -0.39 is 0 Å². The Labute approximate surface area is 96.9 Å². The quantitative estimate of drug-likeness (QED) is 0.869. The van der Waals surface area contributed by atoms with Gasteiger partial charge in [-0.2, -0.15) is 0 Å². The zero-order valence-corrected chi connectivity index (χ0v) is 9.28. The molecule has 2 rings (SSSR count). The molecule has 0 aliphatic rings. The number of aromatic nitrogens is 2. The Hall–Kier alpha value is -1.81. The summed E-state index contributed by atoms with van der Waals surface area (Å²) in [7, 11) is 1.54. The predicted molar refractivity (Wildman–Crippen MR) is 61.9 cm³/mol. The van der Waals surface area contributed by atoms with Gasteiger partial charge in [0.15, 0.2) is 0 Å². The third-order valence-corrected chi connectivity index (χ3v) is 2.35. The molecule has 0 saturated carbocycles. The molecule has 0 spiro atoms. The van der Waals surface area contributed by atoms with Crippen molar-refractivity contribution in [3.05, 3.63) is 46.1 Å². The highest BCUT2D eigenvalue weighted by atomic mass is 35.5. The summed E-state index contributed by atoms with van der Waals surface area (Å²) in [6.07, 6.45) is 2.83. The molecule has 1 aromatic carbocycles. The largest absolute Gasteiger partial charge is 0.497 e. The van der Waals surface area contributed by atoms with Crippen LogP contribution in [0.15, 0.2) is 35.5 Å². The molecule has 1 heterocycles. The SMILES string of the molecule is COc1cc(Cl)cc(-c2cnc[nH]c2=O)c1. The van der Waals surface area contributed by atoms with Crippen LogP contribution in [-0.2, 0) is 0 Å². The summed E-state index contributed by atoms with van der Waals surface area (Å²) >= 11 is 5.92. The van der Waals surface area contributed by atoms with Crippen molar-refractivity contribution < 1.29 is 4.74 Å². The van der Waals surface area contributed by atoms with Crippen LogP contribution in [-0.4, -0.2) is 17.1 Å². The number of H-pyrrole nitrogens is 1. The minimum Gasteiger partial charge on any atom is -0.497 e. The van der Waals surface area contributed by atoms with Crippen LogP contribution in [0.4, 0.5) is 0 Å². The number of hydrogen-bond acceptors (Lipinski definition) is 3. The van der Waals surface area contributed by atoms with Crippen LogP contribution in [0.5, 0.6) is 5.75 Å². The first-order chi connectivity index (χ1) is 7.70. The van der Waals surface area contributed by atoms with E-state index in [0.717, 1.165) is 0 Å². The molecule has 0 saturated heterocycles. The highest BCUT2D eigenvalue weighted by molar-refractivity contribution is 6.31. The number of rotatable bonds is 2. The molecule has 0 aliphatic carbocycles. The predicted octanol–water partition coefficient (Wildman–Crippen LogP) is 2.10. The second kappa shape index (κ2) is 4.37. The zero-order valence-electron chi connectivity index (χ0n) is 8.53. The molecule has 2 aromatic rings. The summed E-state index contributed by atoms with van der Waals surface area (Å²) in [5.41, 5.74) is 0.932. The van der Waals surface area contributed by atoms with Gasteiger partial charge in [-0.25, -0.2) is 4.98 Å². The van der Waals surface area contributed by atoms with E-state index in [1.807, 2.05) is 0 Å². The lowest BCUT2D eigenvalue weighted by Crippen LogP contribution is -2.08. The van der Waals surface area contributed by atoms with Crippen molar-refractivity contribution in [2.24, 2.45) is 0 Å². The topological polar surface area (TPSA) is 55.0 Å². The lowest BCUT2D eigenvalue weighted by atomic mass is 10.1. The molecule has 0 radical (unpaired) electrons. The summed E-state index contributed by atoms with van der Waals surface area (Å²) in [5.74, 6) is 0.603. The molecule has 0 atom stereocenters. The Morgan fingerprint density at radius 2 is 2.19 bits per heavy atom. The van der Waals surface area contributed by atoms with Crippen LogP contribution in [0.2, 0.25) is 5.02 Å². The van der Waals surface area contributed by atoms with Crippen LogP contribution in [0.25, 0.3) is 11.1 Å². The first-order valence-corrected chi connectivity index (χ1v) is 4.96. The van der Waals surface area contributed by atoms with Crippen molar-refractivity contribution in [2.45, 2.75) is 0 Å². The fourth-order valence-electron chi connectivity index (χ4n) is 1.39. The number of benzene rings is 1. The van der Waals surface area contributed by atoms with Gasteiger partial charge in [0.1, 0.15) is 5.75 Å². The van der Waals surface area contributed by atoms with E-state index in [9.17, 15) is 4.79 Å². The maximum absolute atomic E-state index is 11.6. The van der Waals surface area contributed by atoms with Gasteiger partial charge in [0, 0.05) is 11.2 Å². The molecular formula is C11H9ClN2O2. The van der Waals surface area contributed by atoms with Crippen molar-refractivity contribution in [1.29, 1.82) is 0 Å². The second-order valence-electron chi connectivity index (χ2n) is 3.17. The Balaban J connectivity index is 2.60. The van der Waals surface area contributed by atoms with Gasteiger partial charge < -0.3 is 9.72 Å². The van der Waals surface area contributed by atoms with Gasteiger partial charge in [-0.3, -0.25) is 4.79 Å². The minimum absolute atomic E-state index is 0.209. The van der Waals surface area contributed by atoms with Crippen molar-refractivity contribution in [1.82, 2.24) is 9.97 Å². The molecule has 5 heteroatoms. The highest BCUT2D eigenvalue weighted by Gasteiger charge is 2.06. The molecule has 0 unspecified atom stereocenters. The fourth-order valence-corrected chi connectivity index (χ4v) is 1.61. The second-order valence-corrected chi connectivity index (χ2v) is 3.61. The Bertz CT molecular complexity index is 566. The number of methoxy groups -OCH3 is 1. The van der Waals surface area contributed by atoms with Gasteiger partial charge in [0.05, 0.1) is 19.0 Å². The Kier molecular flexibility index (Phi) is 2.92. The van der Waals surface area contributed by atoms with Crippen LogP contribution in [0.3, 0.4) is 0 Å². The lowest BCUT2D eigenvalue weighted by Gasteiger charge is -2.04. The van der Waals surface area contributed by atoms with Crippen molar-refractivity contribution in [3.63, 3.8) is 0 Å². The average Bonchev–Trinajstić information content (AvgIpc) is 2.28. The van der Waals surface area contributed by atoms with E-state index in [1.165, 1.54) is 12.5 Å². The van der Waals surface area contributed by atoms with Gasteiger partial charge >= 0.3 is 0 Å². The van der Waals surface area contributed by atoms with Crippen LogP contribution < -0.4 is 10.3 Å². The maximum Gasteiger partial charge on any atom is 0.258 e. The summed E-state index contributed by atoms with van der Waals surface area (Å²) in [5, 5.41) is 0.512. The molecule has 1 aromatic heterocycles. The Morgan fingerprint density at radius 3 is 2.88 bits per heavy atom. The fraction of sp³-hybridized carbons (Fsp3) is 0.0909. The highest BCUT2D eigenvalue weighted by Crippen LogP contribution is 2.25. The molecule has 0 aliphatic heterocycles. The maximum atomic E-state index is 11.6. The number of aromatic amines is 1. The average molecular weight is 237 g/mol. The summed E-state index contributed by atoms with van der Waals surface area (Å²) in [6.45, 7) is 0. The molecule has 16 heavy (non-hydrogen) atoms. The molecule has 0 bridgehead atoms. The molecule has 0 fully saturated rings. The summed E-state index contributed by atoms with van der Waals surface area (Å²) in [4.78, 5) is 17.9. The van der Waals surface area contributed by atoms with E-state index in [1.54, 1.807) is 25.3 Å². The van der Waals surface area contributed by atoms with Gasteiger partial charge in [0.2, 0.25) is 0 Å². The number of ether oxygens (including phenoxy) is 1. The van der Waals surface area contributed by atoms with E-state index in [0.29, 0.717) is 21.9 Å². The van der Waals surface area contributed by atoms with E-state index >= 15 is 0 Å². The van der Waals surface area contributed by atoms with Crippen molar-refractivity contribution in [2.75, 3.05) is 7.11 Å². The van der Waals surface area contributed by atoms with Crippen molar-refractivity contribution >= 4 is 11.6 Å². The summed E-state index contributed by atoms with van der Waals surface area (Å²) < 4.78 is 5.08. The zero-order chi connectivity index (χ0) is 11.5. The van der Waals surface area contributed by atoms with Crippen LogP contribution in [0, 0.1) is 0 Å². The standard InChI is InChI=1S/C11H9ClN2O2/c1-16-9-3-7(2-8(12)4-9)10-5-13-6-14-11(10)15/h2-6H,1H3,(H,13,14,15). The first-order valence-electron chi connectivity index (χ1n) is 4.58. The molecular weight excluding hydrogens is 228 g/mol. The lowest BCUT2D eigenvalue weighted by molar-refractivity contribution is 0.415. The third-order valence-electron chi connectivity index (χ3n) is 2.14. The first kappa shape index (κ1) is 10.7. The third kappa shape index (κ3) is 2.06. The normalized spacial score (nSPS) is 10.1. The smallest absolute Gasteiger partial charge is 0.258 e. The molecule has 4 nitrogen and oxygen atoms in total. The van der Waals surface area contributed by atoms with Gasteiger partial charge in [0.25, 0.3) is 5.56 Å². The van der Waals surface area contributed by atoms with Crippen LogP contribution in [0.1, 0.15) is 0 Å². The number of nitrogens with one attached hydrogen (secondary N) is 1. The molecule has 82 valence electrons. The van der Waals surface area contributed by atoms with E-state index in [2.05, 4.69) is 9.97 Å². The number of hydrogen-bond donors (Lipinski definition) is 1. The summed E-state index contributed by atoms with van der Waals surface area (Å²) in [6, 6.07) is 5.10. The monoisotopic (exact) mass is 236 g/mol. The molecule has 0 amide bonds.